The summed E-state index contributed by atoms with van der Waals surface area (Å²) in [5, 5.41) is 0. The van der Waals surface area contributed by atoms with E-state index in [-0.39, 0.29) is 11.8 Å². The maximum atomic E-state index is 13.8. The van der Waals surface area contributed by atoms with Crippen LogP contribution in [0.2, 0.25) is 0 Å². The molecular formula is C23H25FN2O5. The first kappa shape index (κ1) is 21.1. The third-order valence-corrected chi connectivity index (χ3v) is 6.24. The van der Waals surface area contributed by atoms with Gasteiger partial charge in [0, 0.05) is 32.0 Å². The number of halogens is 1. The first-order valence-corrected chi connectivity index (χ1v) is 10.1. The summed E-state index contributed by atoms with van der Waals surface area (Å²) in [6.45, 7) is 0.875. The molecule has 1 atom stereocenters. The number of hydrogen-bond acceptors (Lipinski definition) is 5. The second kappa shape index (κ2) is 8.19. The number of methoxy groups -OCH3 is 3. The average molecular weight is 428 g/mol. The second-order valence-corrected chi connectivity index (χ2v) is 7.73. The smallest absolute Gasteiger partial charge is 0.259 e. The average Bonchev–Trinajstić information content (AvgIpc) is 2.79. The van der Waals surface area contributed by atoms with E-state index in [4.69, 9.17) is 14.2 Å². The number of hydrogen-bond donors (Lipinski definition) is 0. The van der Waals surface area contributed by atoms with Crippen molar-refractivity contribution in [3.63, 3.8) is 0 Å². The van der Waals surface area contributed by atoms with Crippen LogP contribution < -0.4 is 14.4 Å². The van der Waals surface area contributed by atoms with Crippen LogP contribution in [0, 0.1) is 5.82 Å². The highest BCUT2D eigenvalue weighted by Crippen LogP contribution is 2.46. The lowest BCUT2D eigenvalue weighted by Gasteiger charge is -2.59. The van der Waals surface area contributed by atoms with Gasteiger partial charge in [0.15, 0.2) is 6.10 Å². The van der Waals surface area contributed by atoms with Gasteiger partial charge in [0.25, 0.3) is 11.8 Å². The second-order valence-electron chi connectivity index (χ2n) is 7.73. The lowest BCUT2D eigenvalue weighted by molar-refractivity contribution is -0.150. The summed E-state index contributed by atoms with van der Waals surface area (Å²) in [4.78, 5) is 29.2. The highest BCUT2D eigenvalue weighted by molar-refractivity contribution is 6.07. The van der Waals surface area contributed by atoms with Crippen LogP contribution in [0.25, 0.3) is 0 Å². The quantitative estimate of drug-likeness (QED) is 0.685. The number of nitrogens with zero attached hydrogens (tertiary/aromatic N) is 2. The van der Waals surface area contributed by atoms with Crippen molar-refractivity contribution in [2.45, 2.75) is 24.5 Å². The normalized spacial score (nSPS) is 19.9. The Morgan fingerprint density at radius 3 is 2.42 bits per heavy atom. The zero-order valence-corrected chi connectivity index (χ0v) is 17.8. The van der Waals surface area contributed by atoms with Crippen LogP contribution in [0.4, 0.5) is 10.1 Å². The van der Waals surface area contributed by atoms with Crippen LogP contribution >= 0.6 is 0 Å². The topological polar surface area (TPSA) is 68.3 Å². The number of ether oxygens (including phenoxy) is 3. The predicted octanol–water partition coefficient (Wildman–Crippen LogP) is 2.88. The molecule has 2 aliphatic rings. The van der Waals surface area contributed by atoms with E-state index in [0.717, 1.165) is 0 Å². The third-order valence-electron chi connectivity index (χ3n) is 6.24. The summed E-state index contributed by atoms with van der Waals surface area (Å²) in [6, 6.07) is 11.1. The van der Waals surface area contributed by atoms with E-state index in [2.05, 4.69) is 0 Å². The first-order chi connectivity index (χ1) is 14.9. The Bertz CT molecular complexity index is 1000. The molecular weight excluding hydrogens is 403 g/mol. The van der Waals surface area contributed by atoms with Crippen molar-refractivity contribution in [3.05, 3.63) is 53.8 Å². The van der Waals surface area contributed by atoms with E-state index in [1.54, 1.807) is 47.2 Å². The molecule has 2 aromatic rings. The molecule has 2 heterocycles. The summed E-state index contributed by atoms with van der Waals surface area (Å²) in [5.74, 6) is 0.309. The number of likely N-dealkylation sites (tertiary alicyclic amines) is 1. The van der Waals surface area contributed by atoms with E-state index in [1.165, 1.54) is 26.4 Å². The number of β-lactam (4-membered cyclic amide) rings is 1. The van der Waals surface area contributed by atoms with Crippen molar-refractivity contribution >= 4 is 17.5 Å². The molecule has 2 aliphatic heterocycles. The van der Waals surface area contributed by atoms with Gasteiger partial charge >= 0.3 is 0 Å². The molecule has 0 N–H and O–H groups in total. The highest BCUT2D eigenvalue weighted by atomic mass is 19.1. The fraction of sp³-hybridized carbons (Fsp3) is 0.391. The van der Waals surface area contributed by atoms with Crippen molar-refractivity contribution in [1.29, 1.82) is 0 Å². The largest absolute Gasteiger partial charge is 0.497 e. The highest BCUT2D eigenvalue weighted by Gasteiger charge is 2.62. The standard InChI is InChI=1S/C23H25FN2O5/c1-29-17-7-8-18(19(14-17)30-2)21(27)25-11-9-23(10-12-25)20(31-3)22(28)26(23)16-6-4-5-15(24)13-16/h4-8,13-14,20H,9-12H2,1-3H3. The monoisotopic (exact) mass is 428 g/mol. The van der Waals surface area contributed by atoms with E-state index in [0.29, 0.717) is 48.7 Å². The summed E-state index contributed by atoms with van der Waals surface area (Å²) in [6.07, 6.45) is 0.444. The molecule has 0 saturated carbocycles. The van der Waals surface area contributed by atoms with Crippen molar-refractivity contribution in [2.75, 3.05) is 39.3 Å². The molecule has 8 heteroatoms. The van der Waals surface area contributed by atoms with Gasteiger partial charge in [-0.2, -0.15) is 0 Å². The van der Waals surface area contributed by atoms with Gasteiger partial charge in [0.2, 0.25) is 0 Å². The Hall–Kier alpha value is -3.13. The molecule has 1 spiro atoms. The molecule has 2 saturated heterocycles. The minimum Gasteiger partial charge on any atom is -0.497 e. The lowest BCUT2D eigenvalue weighted by atomic mass is 9.72. The predicted molar refractivity (Wildman–Crippen MR) is 112 cm³/mol. The van der Waals surface area contributed by atoms with E-state index in [9.17, 15) is 14.0 Å². The fourth-order valence-electron chi connectivity index (χ4n) is 4.67. The third kappa shape index (κ3) is 3.40. The Morgan fingerprint density at radius 2 is 1.81 bits per heavy atom. The molecule has 0 radical (unpaired) electrons. The van der Waals surface area contributed by atoms with Crippen molar-refractivity contribution in [3.8, 4) is 11.5 Å². The molecule has 31 heavy (non-hydrogen) atoms. The summed E-state index contributed by atoms with van der Waals surface area (Å²) < 4.78 is 29.9. The van der Waals surface area contributed by atoms with Crippen molar-refractivity contribution in [1.82, 2.24) is 4.90 Å². The van der Waals surface area contributed by atoms with Gasteiger partial charge in [-0.15, -0.1) is 0 Å². The number of anilines is 1. The zero-order valence-electron chi connectivity index (χ0n) is 17.8. The van der Waals surface area contributed by atoms with Crippen LogP contribution in [0.5, 0.6) is 11.5 Å². The molecule has 2 aromatic carbocycles. The van der Waals surface area contributed by atoms with Gasteiger partial charge in [-0.25, -0.2) is 4.39 Å². The van der Waals surface area contributed by atoms with Gasteiger partial charge in [-0.1, -0.05) is 6.07 Å². The van der Waals surface area contributed by atoms with E-state index in [1.807, 2.05) is 0 Å². The number of rotatable bonds is 5. The Kier molecular flexibility index (Phi) is 5.58. The number of carbonyl (C=O) groups excluding carboxylic acids is 2. The Balaban J connectivity index is 1.55. The summed E-state index contributed by atoms with van der Waals surface area (Å²) >= 11 is 0. The maximum Gasteiger partial charge on any atom is 0.259 e. The number of piperidine rings is 1. The van der Waals surface area contributed by atoms with E-state index >= 15 is 0 Å². The van der Waals surface area contributed by atoms with Crippen LogP contribution in [0.1, 0.15) is 23.2 Å². The molecule has 164 valence electrons. The minimum atomic E-state index is -0.608. The van der Waals surface area contributed by atoms with Gasteiger partial charge in [-0.3, -0.25) is 9.59 Å². The first-order valence-electron chi connectivity index (χ1n) is 10.1. The maximum absolute atomic E-state index is 13.8. The molecule has 2 fully saturated rings. The summed E-state index contributed by atoms with van der Waals surface area (Å²) in [7, 11) is 4.57. The van der Waals surface area contributed by atoms with Crippen LogP contribution in [0.3, 0.4) is 0 Å². The van der Waals surface area contributed by atoms with Gasteiger partial charge in [0.1, 0.15) is 17.3 Å². The Morgan fingerprint density at radius 1 is 1.06 bits per heavy atom. The summed E-state index contributed by atoms with van der Waals surface area (Å²) in [5.41, 5.74) is 0.365. The number of amides is 2. The van der Waals surface area contributed by atoms with Crippen LogP contribution in [-0.2, 0) is 9.53 Å². The number of carbonyl (C=O) groups is 2. The minimum absolute atomic E-state index is 0.147. The molecule has 0 bridgehead atoms. The van der Waals surface area contributed by atoms with E-state index < -0.39 is 17.5 Å². The van der Waals surface area contributed by atoms with Crippen LogP contribution in [0.15, 0.2) is 42.5 Å². The molecule has 7 nitrogen and oxygen atoms in total. The molecule has 0 aromatic heterocycles. The number of benzene rings is 2. The lowest BCUT2D eigenvalue weighted by Crippen LogP contribution is -2.78. The SMILES string of the molecule is COc1ccc(C(=O)N2CCC3(CC2)C(OC)C(=O)N3c2cccc(F)c2)c(OC)c1. The fourth-order valence-corrected chi connectivity index (χ4v) is 4.67. The van der Waals surface area contributed by atoms with Gasteiger partial charge in [0.05, 0.1) is 25.3 Å². The molecule has 1 unspecified atom stereocenters. The molecule has 2 amide bonds. The van der Waals surface area contributed by atoms with Gasteiger partial charge in [-0.05, 0) is 43.2 Å². The molecule has 4 rings (SSSR count). The van der Waals surface area contributed by atoms with Crippen molar-refractivity contribution in [2.24, 2.45) is 0 Å². The molecule has 0 aliphatic carbocycles. The van der Waals surface area contributed by atoms with Gasteiger partial charge < -0.3 is 24.0 Å². The van der Waals surface area contributed by atoms with Crippen molar-refractivity contribution < 1.29 is 28.2 Å². The zero-order chi connectivity index (χ0) is 22.2. The Labute approximate surface area is 180 Å². The van der Waals surface area contributed by atoms with Crippen LogP contribution in [-0.4, -0.2) is 62.8 Å².